The Hall–Kier alpha value is -3.01. The molecule has 1 heterocycles. The third kappa shape index (κ3) is 4.14. The summed E-state index contributed by atoms with van der Waals surface area (Å²) in [6.45, 7) is 2.04. The Bertz CT molecular complexity index is 803. The van der Waals surface area contributed by atoms with Crippen LogP contribution in [-0.2, 0) is 14.4 Å². The van der Waals surface area contributed by atoms with Crippen LogP contribution >= 0.6 is 11.8 Å². The van der Waals surface area contributed by atoms with Crippen LogP contribution in [-0.4, -0.2) is 56.0 Å². The van der Waals surface area contributed by atoms with E-state index in [-0.39, 0.29) is 16.4 Å². The van der Waals surface area contributed by atoms with E-state index in [1.807, 2.05) is 0 Å². The molecule has 1 saturated heterocycles. The molecule has 0 aliphatic carbocycles. The predicted octanol–water partition coefficient (Wildman–Crippen LogP) is 1.76. The molecule has 138 valence electrons. The van der Waals surface area contributed by atoms with Gasteiger partial charge in [0.1, 0.15) is 6.04 Å². The lowest BCUT2D eigenvalue weighted by Gasteiger charge is -2.19. The summed E-state index contributed by atoms with van der Waals surface area (Å²) in [5.74, 6) is -3.82. The molecule has 0 saturated carbocycles. The van der Waals surface area contributed by atoms with E-state index in [2.05, 4.69) is 0 Å². The summed E-state index contributed by atoms with van der Waals surface area (Å²) in [6.07, 6.45) is 0.445. The molecule has 10 heteroatoms. The topological polar surface area (TPSA) is 141 Å². The van der Waals surface area contributed by atoms with Crippen LogP contribution in [0.3, 0.4) is 0 Å². The normalized spacial score (nSPS) is 16.8. The van der Waals surface area contributed by atoms with Crippen molar-refractivity contribution in [1.29, 1.82) is 0 Å². The Morgan fingerprint density at radius 3 is 2.58 bits per heavy atom. The zero-order valence-electron chi connectivity index (χ0n) is 13.5. The van der Waals surface area contributed by atoms with Gasteiger partial charge >= 0.3 is 11.9 Å². The number of aliphatic carboxylic acids is 2. The minimum atomic E-state index is -1.79. The average Bonchev–Trinajstić information content (AvgIpc) is 2.82. The van der Waals surface area contributed by atoms with Gasteiger partial charge in [-0.25, -0.2) is 4.79 Å². The van der Waals surface area contributed by atoms with Crippen molar-refractivity contribution in [2.75, 3.05) is 6.61 Å². The number of benzene rings is 1. The molecule has 1 aliphatic heterocycles. The highest BCUT2D eigenvalue weighted by molar-refractivity contribution is 8.18. The van der Waals surface area contributed by atoms with Crippen LogP contribution < -0.4 is 4.74 Å². The second kappa shape index (κ2) is 7.91. The smallest absolute Gasteiger partial charge is 0.327 e. The summed E-state index contributed by atoms with van der Waals surface area (Å²) in [5.41, 5.74) is 0.446. The number of aromatic hydroxyl groups is 1. The van der Waals surface area contributed by atoms with Crippen LogP contribution in [0.15, 0.2) is 23.1 Å². The number of hydrogen-bond acceptors (Lipinski definition) is 7. The monoisotopic (exact) mass is 381 g/mol. The van der Waals surface area contributed by atoms with Gasteiger partial charge in [0.25, 0.3) is 11.1 Å². The number of nitrogens with zero attached hydrogens (tertiary/aromatic N) is 1. The van der Waals surface area contributed by atoms with Crippen molar-refractivity contribution < 1.29 is 39.2 Å². The first-order valence-electron chi connectivity index (χ1n) is 7.42. The molecule has 1 aromatic rings. The van der Waals surface area contributed by atoms with Gasteiger partial charge in [0.05, 0.1) is 17.9 Å². The lowest BCUT2D eigenvalue weighted by Crippen LogP contribution is -2.45. The molecule has 1 aliphatic rings. The van der Waals surface area contributed by atoms with Crippen LogP contribution in [0.5, 0.6) is 11.5 Å². The second-order valence-corrected chi connectivity index (χ2v) is 6.16. The van der Waals surface area contributed by atoms with Crippen molar-refractivity contribution >= 4 is 40.9 Å². The van der Waals surface area contributed by atoms with E-state index in [1.54, 1.807) is 6.92 Å². The molecular weight excluding hydrogens is 366 g/mol. The lowest BCUT2D eigenvalue weighted by atomic mass is 10.1. The fraction of sp³-hybridized carbons (Fsp3) is 0.250. The maximum Gasteiger partial charge on any atom is 0.327 e. The fourth-order valence-corrected chi connectivity index (χ4v) is 3.12. The number of amides is 2. The molecular formula is C16H15NO8S. The molecule has 0 aromatic heterocycles. The second-order valence-electron chi connectivity index (χ2n) is 5.16. The van der Waals surface area contributed by atoms with Crippen molar-refractivity contribution in [3.63, 3.8) is 0 Å². The fourth-order valence-electron chi connectivity index (χ4n) is 2.25. The molecule has 1 aromatic carbocycles. The molecule has 1 atom stereocenters. The van der Waals surface area contributed by atoms with E-state index < -0.39 is 35.5 Å². The number of phenols is 1. The van der Waals surface area contributed by atoms with Crippen LogP contribution in [0.25, 0.3) is 6.08 Å². The van der Waals surface area contributed by atoms with Crippen LogP contribution in [0.4, 0.5) is 4.79 Å². The van der Waals surface area contributed by atoms with E-state index in [0.717, 1.165) is 0 Å². The van der Waals surface area contributed by atoms with Crippen molar-refractivity contribution in [2.24, 2.45) is 0 Å². The molecule has 2 amide bonds. The summed E-state index contributed by atoms with van der Waals surface area (Å²) < 4.78 is 5.23. The molecule has 26 heavy (non-hydrogen) atoms. The van der Waals surface area contributed by atoms with Gasteiger partial charge in [-0.05, 0) is 42.5 Å². The van der Waals surface area contributed by atoms with E-state index in [4.69, 9.17) is 14.9 Å². The SMILES string of the molecule is CCOc1cc(/C=C2\SC(=O)N(C(CC(=O)O)C(=O)O)C2=O)ccc1O. The summed E-state index contributed by atoms with van der Waals surface area (Å²) in [5, 5.41) is 26.8. The zero-order chi connectivity index (χ0) is 19.4. The number of ether oxygens (including phenoxy) is 1. The molecule has 1 fully saturated rings. The molecule has 3 N–H and O–H groups in total. The summed E-state index contributed by atoms with van der Waals surface area (Å²) >= 11 is 0.512. The van der Waals surface area contributed by atoms with E-state index in [1.165, 1.54) is 24.3 Å². The number of carboxylic acids is 2. The Balaban J connectivity index is 2.33. The summed E-state index contributed by atoms with van der Waals surface area (Å²) in [6, 6.07) is 2.51. The predicted molar refractivity (Wildman–Crippen MR) is 90.8 cm³/mol. The Kier molecular flexibility index (Phi) is 5.88. The molecule has 2 rings (SSSR count). The number of carbonyl (C=O) groups excluding carboxylic acids is 2. The van der Waals surface area contributed by atoms with Crippen LogP contribution in [0, 0.1) is 0 Å². The van der Waals surface area contributed by atoms with Gasteiger partial charge in [-0.3, -0.25) is 19.3 Å². The summed E-state index contributed by atoms with van der Waals surface area (Å²) in [4.78, 5) is 46.9. The molecule has 9 nitrogen and oxygen atoms in total. The number of carbonyl (C=O) groups is 4. The first kappa shape index (κ1) is 19.3. The van der Waals surface area contributed by atoms with E-state index in [9.17, 15) is 24.3 Å². The number of thioether (sulfide) groups is 1. The van der Waals surface area contributed by atoms with Gasteiger partial charge in [0.2, 0.25) is 0 Å². The lowest BCUT2D eigenvalue weighted by molar-refractivity contribution is -0.150. The van der Waals surface area contributed by atoms with Gasteiger partial charge in [-0.15, -0.1) is 0 Å². The average molecular weight is 381 g/mol. The van der Waals surface area contributed by atoms with Gasteiger partial charge in [0.15, 0.2) is 11.5 Å². The van der Waals surface area contributed by atoms with E-state index in [0.29, 0.717) is 28.8 Å². The van der Waals surface area contributed by atoms with Crippen molar-refractivity contribution in [1.82, 2.24) is 4.90 Å². The minimum absolute atomic E-state index is 0.0558. The molecule has 1 unspecified atom stereocenters. The van der Waals surface area contributed by atoms with Gasteiger partial charge in [-0.2, -0.15) is 0 Å². The number of phenolic OH excluding ortho intramolecular Hbond substituents is 1. The van der Waals surface area contributed by atoms with Crippen molar-refractivity contribution in [3.8, 4) is 11.5 Å². The van der Waals surface area contributed by atoms with Crippen LogP contribution in [0.2, 0.25) is 0 Å². The standard InChI is InChI=1S/C16H15NO8S/c1-2-25-11-5-8(3-4-10(11)18)6-12-14(21)17(16(24)26-12)9(15(22)23)7-13(19)20/h3-6,9,18H,2,7H2,1H3,(H,19,20)(H,22,23)/b12-6-. The Morgan fingerprint density at radius 2 is 2.00 bits per heavy atom. The maximum atomic E-state index is 12.4. The highest BCUT2D eigenvalue weighted by atomic mass is 32.2. The van der Waals surface area contributed by atoms with Crippen LogP contribution in [0.1, 0.15) is 18.9 Å². The van der Waals surface area contributed by atoms with Gasteiger partial charge in [0, 0.05) is 0 Å². The first-order valence-corrected chi connectivity index (χ1v) is 8.23. The van der Waals surface area contributed by atoms with Crippen molar-refractivity contribution in [2.45, 2.75) is 19.4 Å². The van der Waals surface area contributed by atoms with Gasteiger partial charge in [-0.1, -0.05) is 6.07 Å². The first-order chi connectivity index (χ1) is 12.2. The molecule has 0 spiro atoms. The molecule has 0 bridgehead atoms. The molecule has 0 radical (unpaired) electrons. The Labute approximate surface area is 151 Å². The largest absolute Gasteiger partial charge is 0.504 e. The minimum Gasteiger partial charge on any atom is -0.504 e. The van der Waals surface area contributed by atoms with Crippen molar-refractivity contribution in [3.05, 3.63) is 28.7 Å². The maximum absolute atomic E-state index is 12.4. The number of carboxylic acid groups (broad SMARTS) is 2. The summed E-state index contributed by atoms with van der Waals surface area (Å²) in [7, 11) is 0. The quantitative estimate of drug-likeness (QED) is 0.602. The highest BCUT2D eigenvalue weighted by Crippen LogP contribution is 2.35. The highest BCUT2D eigenvalue weighted by Gasteiger charge is 2.43. The Morgan fingerprint density at radius 1 is 1.31 bits per heavy atom. The number of imide groups is 1. The van der Waals surface area contributed by atoms with E-state index >= 15 is 0 Å². The third-order valence-electron chi connectivity index (χ3n) is 3.37. The third-order valence-corrected chi connectivity index (χ3v) is 4.25. The van der Waals surface area contributed by atoms with Gasteiger partial charge < -0.3 is 20.1 Å². The number of rotatable bonds is 7. The number of hydrogen-bond donors (Lipinski definition) is 3. The zero-order valence-corrected chi connectivity index (χ0v) is 14.4.